The summed E-state index contributed by atoms with van der Waals surface area (Å²) in [7, 11) is -0.168. The van der Waals surface area contributed by atoms with Crippen molar-refractivity contribution in [1.29, 1.82) is 0 Å². The van der Waals surface area contributed by atoms with Crippen LogP contribution in [0.15, 0.2) is 12.3 Å². The number of aromatic nitrogens is 1. The third kappa shape index (κ3) is 3.37. The summed E-state index contributed by atoms with van der Waals surface area (Å²) in [6.07, 6.45) is 3.26. The van der Waals surface area contributed by atoms with Crippen LogP contribution in [0.5, 0.6) is 0 Å². The molecule has 3 heterocycles. The molecule has 0 radical (unpaired) electrons. The molecule has 0 bridgehead atoms. The molecule has 0 N–H and O–H groups in total. The molecule has 0 spiro atoms. The van der Waals surface area contributed by atoms with E-state index >= 15 is 0 Å². The number of hydrogen-bond acceptors (Lipinski definition) is 6. The maximum absolute atomic E-state index is 10.9. The highest BCUT2D eigenvalue weighted by Crippen LogP contribution is 2.42. The molecule has 3 rings (SSSR count). The molecule has 0 saturated carbocycles. The van der Waals surface area contributed by atoms with E-state index in [-0.39, 0.29) is 24.0 Å². The molecular formula is C17H26BN3O4. The summed E-state index contributed by atoms with van der Waals surface area (Å²) in [4.78, 5) is 17.0. The normalized spacial score (nSPS) is 23.1. The summed E-state index contributed by atoms with van der Waals surface area (Å²) in [5.74, 6) is 1.16. The molecule has 2 fully saturated rings. The summed E-state index contributed by atoms with van der Waals surface area (Å²) in [6.45, 7) is 11.7. The summed E-state index contributed by atoms with van der Waals surface area (Å²) in [5.41, 5.74) is 0.108. The standard InChI is InChI=1S/C17H26BN3O4/c1-12-10-15(19-11-14(12)21(22)23)20-8-6-13(7-9-20)18-24-16(2,3)17(4,5)25-18/h10-11,13H,6-9H2,1-5H3. The van der Waals surface area contributed by atoms with E-state index in [2.05, 4.69) is 37.6 Å². The monoisotopic (exact) mass is 347 g/mol. The van der Waals surface area contributed by atoms with Crippen molar-refractivity contribution in [2.24, 2.45) is 0 Å². The third-order valence-corrected chi connectivity index (χ3v) is 5.79. The van der Waals surface area contributed by atoms with Gasteiger partial charge in [-0.25, -0.2) is 4.98 Å². The van der Waals surface area contributed by atoms with Crippen LogP contribution in [0.4, 0.5) is 11.5 Å². The molecule has 0 atom stereocenters. The third-order valence-electron chi connectivity index (χ3n) is 5.79. The minimum absolute atomic E-state index is 0.0656. The van der Waals surface area contributed by atoms with Crippen molar-refractivity contribution in [3.05, 3.63) is 27.9 Å². The van der Waals surface area contributed by atoms with Gasteiger partial charge in [0.05, 0.1) is 16.1 Å². The molecule has 1 aromatic rings. The molecule has 136 valence electrons. The largest absolute Gasteiger partial charge is 0.461 e. The van der Waals surface area contributed by atoms with Crippen LogP contribution in [0, 0.1) is 17.0 Å². The van der Waals surface area contributed by atoms with E-state index in [0.717, 1.165) is 31.7 Å². The molecule has 25 heavy (non-hydrogen) atoms. The van der Waals surface area contributed by atoms with Crippen molar-refractivity contribution in [3.8, 4) is 0 Å². The number of rotatable bonds is 3. The molecular weight excluding hydrogens is 321 g/mol. The Hall–Kier alpha value is -1.67. The number of anilines is 1. The van der Waals surface area contributed by atoms with Crippen LogP contribution < -0.4 is 4.90 Å². The number of aryl methyl sites for hydroxylation is 1. The fourth-order valence-corrected chi connectivity index (χ4v) is 3.38. The Kier molecular flexibility index (Phi) is 4.53. The van der Waals surface area contributed by atoms with Gasteiger partial charge in [-0.1, -0.05) is 0 Å². The fourth-order valence-electron chi connectivity index (χ4n) is 3.38. The zero-order valence-corrected chi connectivity index (χ0v) is 15.6. The molecule has 1 aromatic heterocycles. The van der Waals surface area contributed by atoms with E-state index < -0.39 is 4.92 Å². The van der Waals surface area contributed by atoms with Gasteiger partial charge in [0.1, 0.15) is 12.0 Å². The van der Waals surface area contributed by atoms with E-state index in [0.29, 0.717) is 11.4 Å². The highest BCUT2D eigenvalue weighted by Gasteiger charge is 2.53. The molecule has 2 aliphatic heterocycles. The summed E-state index contributed by atoms with van der Waals surface area (Å²) in [6, 6.07) is 1.80. The van der Waals surface area contributed by atoms with Gasteiger partial charge in [-0.05, 0) is 59.3 Å². The Bertz CT molecular complexity index is 656. The van der Waals surface area contributed by atoms with Gasteiger partial charge >= 0.3 is 7.12 Å². The quantitative estimate of drug-likeness (QED) is 0.474. The van der Waals surface area contributed by atoms with Gasteiger partial charge in [-0.2, -0.15) is 0 Å². The molecule has 8 heteroatoms. The topological polar surface area (TPSA) is 77.7 Å². The van der Waals surface area contributed by atoms with Crippen molar-refractivity contribution in [2.45, 2.75) is 64.5 Å². The van der Waals surface area contributed by atoms with Gasteiger partial charge in [0.2, 0.25) is 0 Å². The first-order valence-electron chi connectivity index (χ1n) is 8.82. The average Bonchev–Trinajstić information content (AvgIpc) is 2.75. The Balaban J connectivity index is 1.63. The first kappa shape index (κ1) is 18.1. The molecule has 0 aromatic carbocycles. The van der Waals surface area contributed by atoms with Crippen molar-refractivity contribution in [3.63, 3.8) is 0 Å². The van der Waals surface area contributed by atoms with Crippen LogP contribution >= 0.6 is 0 Å². The Morgan fingerprint density at radius 3 is 2.28 bits per heavy atom. The van der Waals surface area contributed by atoms with Crippen LogP contribution in [0.1, 0.15) is 46.1 Å². The molecule has 7 nitrogen and oxygen atoms in total. The van der Waals surface area contributed by atoms with Gasteiger partial charge < -0.3 is 14.2 Å². The predicted molar refractivity (Wildman–Crippen MR) is 96.9 cm³/mol. The van der Waals surface area contributed by atoms with Gasteiger partial charge in [0.15, 0.2) is 0 Å². The predicted octanol–water partition coefficient (Wildman–Crippen LogP) is 3.36. The maximum Gasteiger partial charge on any atom is 0.461 e. The zero-order valence-electron chi connectivity index (χ0n) is 15.6. The van der Waals surface area contributed by atoms with Crippen LogP contribution in [-0.2, 0) is 9.31 Å². The SMILES string of the molecule is Cc1cc(N2CCC(B3OC(C)(C)C(C)(C)O3)CC2)ncc1[N+](=O)[O-]. The van der Waals surface area contributed by atoms with E-state index in [1.807, 2.05) is 0 Å². The number of nitro groups is 1. The van der Waals surface area contributed by atoms with Crippen LogP contribution in [0.25, 0.3) is 0 Å². The second-order valence-corrected chi connectivity index (χ2v) is 8.04. The first-order valence-corrected chi connectivity index (χ1v) is 8.82. The Labute approximate surface area is 149 Å². The van der Waals surface area contributed by atoms with Crippen molar-refractivity contribution >= 4 is 18.6 Å². The minimum atomic E-state index is -0.392. The van der Waals surface area contributed by atoms with Crippen molar-refractivity contribution in [1.82, 2.24) is 4.98 Å². The lowest BCUT2D eigenvalue weighted by molar-refractivity contribution is -0.385. The molecule has 2 aliphatic rings. The van der Waals surface area contributed by atoms with Gasteiger partial charge in [-0.3, -0.25) is 10.1 Å². The van der Waals surface area contributed by atoms with Crippen LogP contribution in [0.3, 0.4) is 0 Å². The van der Waals surface area contributed by atoms with Crippen molar-refractivity contribution < 1.29 is 14.2 Å². The summed E-state index contributed by atoms with van der Waals surface area (Å²) < 4.78 is 12.3. The lowest BCUT2D eigenvalue weighted by Crippen LogP contribution is -2.41. The van der Waals surface area contributed by atoms with E-state index in [1.165, 1.54) is 6.20 Å². The van der Waals surface area contributed by atoms with E-state index in [1.54, 1.807) is 13.0 Å². The second-order valence-electron chi connectivity index (χ2n) is 8.04. The van der Waals surface area contributed by atoms with Crippen molar-refractivity contribution in [2.75, 3.05) is 18.0 Å². The lowest BCUT2D eigenvalue weighted by Gasteiger charge is -2.33. The summed E-state index contributed by atoms with van der Waals surface area (Å²) in [5, 5.41) is 10.9. The minimum Gasteiger partial charge on any atom is -0.403 e. The Morgan fingerprint density at radius 2 is 1.80 bits per heavy atom. The van der Waals surface area contributed by atoms with E-state index in [4.69, 9.17) is 9.31 Å². The fraction of sp³-hybridized carbons (Fsp3) is 0.706. The number of pyridine rings is 1. The average molecular weight is 347 g/mol. The summed E-state index contributed by atoms with van der Waals surface area (Å²) >= 11 is 0. The maximum atomic E-state index is 10.9. The second kappa shape index (κ2) is 6.25. The molecule has 2 saturated heterocycles. The van der Waals surface area contributed by atoms with Gasteiger partial charge in [0, 0.05) is 18.7 Å². The van der Waals surface area contributed by atoms with Gasteiger partial charge in [-0.15, -0.1) is 0 Å². The lowest BCUT2D eigenvalue weighted by atomic mass is 9.67. The number of nitrogens with zero attached hydrogens (tertiary/aromatic N) is 3. The van der Waals surface area contributed by atoms with Crippen LogP contribution in [-0.4, -0.2) is 41.3 Å². The van der Waals surface area contributed by atoms with Gasteiger partial charge in [0.25, 0.3) is 5.69 Å². The smallest absolute Gasteiger partial charge is 0.403 e. The highest BCUT2D eigenvalue weighted by molar-refractivity contribution is 6.47. The Morgan fingerprint density at radius 1 is 1.24 bits per heavy atom. The highest BCUT2D eigenvalue weighted by atomic mass is 16.7. The molecule has 0 amide bonds. The zero-order chi connectivity index (χ0) is 18.4. The molecule has 0 aliphatic carbocycles. The number of hydrogen-bond donors (Lipinski definition) is 0. The first-order chi connectivity index (χ1) is 11.6. The molecule has 0 unspecified atom stereocenters. The number of piperidine rings is 1. The van der Waals surface area contributed by atoms with E-state index in [9.17, 15) is 10.1 Å². The van der Waals surface area contributed by atoms with Crippen LogP contribution in [0.2, 0.25) is 5.82 Å².